The molecule has 1 unspecified atom stereocenters. The van der Waals surface area contributed by atoms with Crippen molar-refractivity contribution in [1.82, 2.24) is 20.9 Å². The van der Waals surface area contributed by atoms with Gasteiger partial charge in [0.05, 0.1) is 6.61 Å². The highest BCUT2D eigenvalue weighted by Crippen LogP contribution is 2.29. The number of nitrogens with one attached hydrogen (secondary N) is 2. The molecule has 0 fully saturated rings. The summed E-state index contributed by atoms with van der Waals surface area (Å²) in [4.78, 5) is 20.4. The van der Waals surface area contributed by atoms with E-state index in [0.717, 1.165) is 0 Å². The summed E-state index contributed by atoms with van der Waals surface area (Å²) in [6, 6.07) is 5.65. The molecule has 4 N–H and O–H groups in total. The number of hydroxylamine groups is 1. The normalized spacial score (nSPS) is 12.8. The summed E-state index contributed by atoms with van der Waals surface area (Å²) in [6.07, 6.45) is -4.70. The second-order valence-electron chi connectivity index (χ2n) is 5.36. The highest BCUT2D eigenvalue weighted by atomic mass is 19.4. The molecular weight excluding hydrogens is 355 g/mol. The van der Waals surface area contributed by atoms with Gasteiger partial charge in [0.1, 0.15) is 0 Å². The molecule has 142 valence electrons. The van der Waals surface area contributed by atoms with Crippen LogP contribution in [0.5, 0.6) is 0 Å². The highest BCUT2D eigenvalue weighted by Gasteiger charge is 2.38. The van der Waals surface area contributed by atoms with Crippen molar-refractivity contribution in [2.75, 3.05) is 19.7 Å². The van der Waals surface area contributed by atoms with Crippen molar-refractivity contribution in [2.45, 2.75) is 19.1 Å². The Morgan fingerprint density at radius 2 is 2.04 bits per heavy atom. The average molecular weight is 373 g/mol. The van der Waals surface area contributed by atoms with Crippen molar-refractivity contribution in [3.8, 4) is 11.4 Å². The molecule has 0 saturated carbocycles. The van der Waals surface area contributed by atoms with Gasteiger partial charge in [-0.15, -0.1) is 0 Å². The van der Waals surface area contributed by atoms with Crippen LogP contribution in [0.3, 0.4) is 0 Å². The van der Waals surface area contributed by atoms with Gasteiger partial charge in [0.15, 0.2) is 0 Å². The van der Waals surface area contributed by atoms with Crippen LogP contribution < -0.4 is 16.5 Å². The van der Waals surface area contributed by atoms with Crippen LogP contribution in [0.4, 0.5) is 13.2 Å². The van der Waals surface area contributed by atoms with E-state index in [1.54, 1.807) is 0 Å². The summed E-state index contributed by atoms with van der Waals surface area (Å²) in [6.45, 7) is 2.86. The van der Waals surface area contributed by atoms with Crippen molar-refractivity contribution in [3.05, 3.63) is 35.7 Å². The second-order valence-corrected chi connectivity index (χ2v) is 5.36. The first kappa shape index (κ1) is 19.8. The number of amides is 1. The first-order valence-electron chi connectivity index (χ1n) is 7.68. The van der Waals surface area contributed by atoms with Crippen LogP contribution in [0.1, 0.15) is 23.2 Å². The quantitative estimate of drug-likeness (QED) is 0.473. The molecule has 0 radical (unpaired) electrons. The maximum absolute atomic E-state index is 12.5. The van der Waals surface area contributed by atoms with Crippen LogP contribution in [-0.4, -0.2) is 41.8 Å². The first-order chi connectivity index (χ1) is 12.3. The Kier molecular flexibility index (Phi) is 6.66. The van der Waals surface area contributed by atoms with Gasteiger partial charge in [-0.05, 0) is 19.1 Å². The number of alkyl halides is 3. The Labute approximate surface area is 146 Å². The molecule has 26 heavy (non-hydrogen) atoms. The Balaban J connectivity index is 1.92. The molecule has 2 rings (SSSR count). The van der Waals surface area contributed by atoms with Crippen LogP contribution >= 0.6 is 0 Å². The maximum atomic E-state index is 12.5. The molecule has 0 aliphatic carbocycles. The van der Waals surface area contributed by atoms with E-state index >= 15 is 0 Å². The molecule has 0 aliphatic heterocycles. The zero-order chi connectivity index (χ0) is 19.2. The summed E-state index contributed by atoms with van der Waals surface area (Å²) in [5, 5.41) is 5.98. The fraction of sp³-hybridized carbons (Fsp3) is 0.400. The zero-order valence-electron chi connectivity index (χ0n) is 13.8. The van der Waals surface area contributed by atoms with Gasteiger partial charge >= 0.3 is 12.1 Å². The number of nitrogens with two attached hydrogens (primary N) is 1. The Bertz CT molecular complexity index is 718. The molecule has 1 aromatic heterocycles. The Morgan fingerprint density at radius 3 is 2.62 bits per heavy atom. The van der Waals surface area contributed by atoms with Crippen molar-refractivity contribution in [2.24, 2.45) is 5.73 Å². The summed E-state index contributed by atoms with van der Waals surface area (Å²) in [7, 11) is 0. The first-order valence-corrected chi connectivity index (χ1v) is 7.68. The van der Waals surface area contributed by atoms with Crippen LogP contribution in [0.2, 0.25) is 0 Å². The Hall–Kier alpha value is -2.50. The SMILES string of the molecule is CC(CNC(=O)c1ccc(-c2noc(C(F)(F)F)n2)cc1)NOCCN. The van der Waals surface area contributed by atoms with Gasteiger partial charge in [-0.25, -0.2) is 0 Å². The number of hydrogen-bond donors (Lipinski definition) is 3. The lowest BCUT2D eigenvalue weighted by molar-refractivity contribution is -0.159. The van der Waals surface area contributed by atoms with Crippen LogP contribution in [0.25, 0.3) is 11.4 Å². The van der Waals surface area contributed by atoms with Gasteiger partial charge in [0.2, 0.25) is 5.82 Å². The minimum atomic E-state index is -4.70. The number of carbonyl (C=O) groups is 1. The summed E-state index contributed by atoms with van der Waals surface area (Å²) in [5.41, 5.74) is 8.64. The van der Waals surface area contributed by atoms with Crippen LogP contribution in [0, 0.1) is 0 Å². The third-order valence-corrected chi connectivity index (χ3v) is 3.15. The van der Waals surface area contributed by atoms with E-state index < -0.39 is 12.1 Å². The molecule has 11 heteroatoms. The van der Waals surface area contributed by atoms with E-state index in [1.807, 2.05) is 6.92 Å². The molecule has 1 amide bonds. The standard InChI is InChI=1S/C15H18F3N5O3/c1-9(22-25-7-6-19)8-20-13(24)11-4-2-10(3-5-11)12-21-14(26-23-12)15(16,17)18/h2-5,9,22H,6-8,19H2,1H3,(H,20,24). The fourth-order valence-corrected chi connectivity index (χ4v) is 1.88. The minimum absolute atomic E-state index is 0.134. The lowest BCUT2D eigenvalue weighted by Gasteiger charge is -2.14. The van der Waals surface area contributed by atoms with E-state index in [4.69, 9.17) is 10.6 Å². The van der Waals surface area contributed by atoms with Crippen molar-refractivity contribution >= 4 is 5.91 Å². The molecule has 8 nitrogen and oxygen atoms in total. The highest BCUT2D eigenvalue weighted by molar-refractivity contribution is 5.94. The van der Waals surface area contributed by atoms with Gasteiger partial charge in [-0.3, -0.25) is 4.79 Å². The largest absolute Gasteiger partial charge is 0.471 e. The zero-order valence-corrected chi connectivity index (χ0v) is 13.8. The minimum Gasteiger partial charge on any atom is -0.350 e. The molecule has 0 spiro atoms. The lowest BCUT2D eigenvalue weighted by atomic mass is 10.1. The summed E-state index contributed by atoms with van der Waals surface area (Å²) < 4.78 is 41.6. The number of hydrogen-bond acceptors (Lipinski definition) is 7. The average Bonchev–Trinajstić information content (AvgIpc) is 3.10. The molecule has 0 aliphatic rings. The van der Waals surface area contributed by atoms with E-state index in [2.05, 4.69) is 25.5 Å². The van der Waals surface area contributed by atoms with Gasteiger partial charge in [-0.1, -0.05) is 17.3 Å². The third-order valence-electron chi connectivity index (χ3n) is 3.15. The van der Waals surface area contributed by atoms with Crippen LogP contribution in [-0.2, 0) is 11.0 Å². The molecule has 2 aromatic rings. The van der Waals surface area contributed by atoms with Crippen molar-refractivity contribution in [1.29, 1.82) is 0 Å². The maximum Gasteiger partial charge on any atom is 0.471 e. The molecule has 0 bridgehead atoms. The van der Waals surface area contributed by atoms with E-state index in [0.29, 0.717) is 30.8 Å². The molecular formula is C15H18F3N5O3. The van der Waals surface area contributed by atoms with Crippen molar-refractivity contribution in [3.63, 3.8) is 0 Å². The van der Waals surface area contributed by atoms with Crippen LogP contribution in [0.15, 0.2) is 28.8 Å². The summed E-state index contributed by atoms with van der Waals surface area (Å²) in [5.74, 6) is -1.97. The lowest BCUT2D eigenvalue weighted by Crippen LogP contribution is -2.39. The van der Waals surface area contributed by atoms with Gasteiger partial charge < -0.3 is 20.4 Å². The topological polar surface area (TPSA) is 115 Å². The van der Waals surface area contributed by atoms with E-state index in [9.17, 15) is 18.0 Å². The number of aromatic nitrogens is 2. The van der Waals surface area contributed by atoms with Gasteiger partial charge in [0.25, 0.3) is 5.91 Å². The monoisotopic (exact) mass is 373 g/mol. The second kappa shape index (κ2) is 8.74. The molecule has 1 atom stereocenters. The Morgan fingerprint density at radius 1 is 1.35 bits per heavy atom. The fourth-order valence-electron chi connectivity index (χ4n) is 1.88. The molecule has 0 saturated heterocycles. The third kappa shape index (κ3) is 5.51. The molecule has 1 aromatic carbocycles. The predicted molar refractivity (Wildman–Crippen MR) is 84.7 cm³/mol. The molecule has 1 heterocycles. The van der Waals surface area contributed by atoms with E-state index in [-0.39, 0.29) is 17.8 Å². The summed E-state index contributed by atoms with van der Waals surface area (Å²) >= 11 is 0. The smallest absolute Gasteiger partial charge is 0.350 e. The predicted octanol–water partition coefficient (Wildman–Crippen LogP) is 1.35. The number of benzene rings is 1. The number of rotatable bonds is 8. The number of carbonyl (C=O) groups excluding carboxylic acids is 1. The number of nitrogens with zero attached hydrogens (tertiary/aromatic N) is 2. The number of halogens is 3. The van der Waals surface area contributed by atoms with Gasteiger partial charge in [-0.2, -0.15) is 23.6 Å². The van der Waals surface area contributed by atoms with Crippen molar-refractivity contribution < 1.29 is 27.3 Å². The van der Waals surface area contributed by atoms with Gasteiger partial charge in [0, 0.05) is 30.3 Å². The van der Waals surface area contributed by atoms with E-state index in [1.165, 1.54) is 24.3 Å².